The molecule has 1 heterocycles. The molecule has 0 aliphatic carbocycles. The third kappa shape index (κ3) is 3.00. The van der Waals surface area contributed by atoms with Crippen LogP contribution in [0.1, 0.15) is 19.8 Å². The van der Waals surface area contributed by atoms with Gasteiger partial charge in [0.15, 0.2) is 11.6 Å². The maximum absolute atomic E-state index is 5.57. The zero-order valence-electron chi connectivity index (χ0n) is 9.85. The number of nitrogen functional groups attached to an aromatic ring is 1. The summed E-state index contributed by atoms with van der Waals surface area (Å²) in [5.74, 6) is 1.93. The van der Waals surface area contributed by atoms with E-state index in [9.17, 15) is 0 Å². The van der Waals surface area contributed by atoms with Gasteiger partial charge in [0.05, 0.1) is 6.61 Å². The molecule has 1 aromatic carbocycles. The molecule has 0 spiro atoms. The highest BCUT2D eigenvalue weighted by Crippen LogP contribution is 2.23. The van der Waals surface area contributed by atoms with Gasteiger partial charge in [-0.25, -0.2) is 0 Å². The van der Waals surface area contributed by atoms with Gasteiger partial charge in [0.1, 0.15) is 5.75 Å². The largest absolute Gasteiger partial charge is 0.494 e. The maximum atomic E-state index is 5.57. The van der Waals surface area contributed by atoms with Gasteiger partial charge in [-0.3, -0.25) is 0 Å². The van der Waals surface area contributed by atoms with E-state index in [4.69, 9.17) is 15.0 Å². The van der Waals surface area contributed by atoms with Crippen molar-refractivity contribution >= 4 is 5.82 Å². The molecule has 2 N–H and O–H groups in total. The summed E-state index contributed by atoms with van der Waals surface area (Å²) in [7, 11) is 0. The van der Waals surface area contributed by atoms with Crippen LogP contribution in [0.25, 0.3) is 11.3 Å². The number of aromatic nitrogens is 1. The van der Waals surface area contributed by atoms with Crippen molar-refractivity contribution in [3.8, 4) is 17.1 Å². The Labute approximate surface area is 100 Å². The predicted molar refractivity (Wildman–Crippen MR) is 66.8 cm³/mol. The lowest BCUT2D eigenvalue weighted by Gasteiger charge is -2.05. The Morgan fingerprint density at radius 1 is 1.29 bits per heavy atom. The number of ether oxygens (including phenoxy) is 1. The van der Waals surface area contributed by atoms with Crippen LogP contribution in [0.2, 0.25) is 0 Å². The zero-order valence-corrected chi connectivity index (χ0v) is 9.85. The number of hydrogen-bond acceptors (Lipinski definition) is 4. The summed E-state index contributed by atoms with van der Waals surface area (Å²) in [6.45, 7) is 2.89. The lowest BCUT2D eigenvalue weighted by Crippen LogP contribution is -1.95. The molecule has 4 nitrogen and oxygen atoms in total. The standard InChI is InChI=1S/C13H16N2O2/c1-2-3-8-16-11-6-4-10(5-7-11)12-9-13(14)15-17-12/h4-7,9H,2-3,8H2,1H3,(H2,14,15). The van der Waals surface area contributed by atoms with Crippen LogP contribution in [-0.4, -0.2) is 11.8 Å². The van der Waals surface area contributed by atoms with E-state index in [1.54, 1.807) is 6.07 Å². The Morgan fingerprint density at radius 2 is 2.06 bits per heavy atom. The molecule has 0 saturated carbocycles. The number of unbranched alkanes of at least 4 members (excludes halogenated alkanes) is 1. The predicted octanol–water partition coefficient (Wildman–Crippen LogP) is 3.10. The molecule has 0 aliphatic heterocycles. The first-order valence-corrected chi connectivity index (χ1v) is 5.75. The zero-order chi connectivity index (χ0) is 12.1. The van der Waals surface area contributed by atoms with E-state index in [-0.39, 0.29) is 0 Å². The average Bonchev–Trinajstić information content (AvgIpc) is 2.77. The molecule has 0 radical (unpaired) electrons. The minimum absolute atomic E-state index is 0.392. The number of rotatable bonds is 5. The van der Waals surface area contributed by atoms with Gasteiger partial charge in [0.25, 0.3) is 0 Å². The molecule has 0 unspecified atom stereocenters. The molecular weight excluding hydrogens is 216 g/mol. The Morgan fingerprint density at radius 3 is 2.65 bits per heavy atom. The number of nitrogens with zero attached hydrogens (tertiary/aromatic N) is 1. The fourth-order valence-electron chi connectivity index (χ4n) is 1.47. The van der Waals surface area contributed by atoms with Crippen LogP contribution in [0.4, 0.5) is 5.82 Å². The first-order chi connectivity index (χ1) is 8.29. The van der Waals surface area contributed by atoms with Gasteiger partial charge in [-0.1, -0.05) is 18.5 Å². The monoisotopic (exact) mass is 232 g/mol. The van der Waals surface area contributed by atoms with Crippen molar-refractivity contribution in [3.05, 3.63) is 30.3 Å². The summed E-state index contributed by atoms with van der Waals surface area (Å²) in [6.07, 6.45) is 2.20. The highest BCUT2D eigenvalue weighted by atomic mass is 16.5. The number of benzene rings is 1. The van der Waals surface area contributed by atoms with Gasteiger partial charge in [-0.15, -0.1) is 0 Å². The minimum atomic E-state index is 0.392. The van der Waals surface area contributed by atoms with Crippen LogP contribution in [0, 0.1) is 0 Å². The lowest BCUT2D eigenvalue weighted by molar-refractivity contribution is 0.309. The highest BCUT2D eigenvalue weighted by Gasteiger charge is 2.04. The second-order valence-corrected chi connectivity index (χ2v) is 3.84. The SMILES string of the molecule is CCCCOc1ccc(-c2cc(N)no2)cc1. The molecule has 0 atom stereocenters. The first kappa shape index (κ1) is 11.5. The summed E-state index contributed by atoms with van der Waals surface area (Å²) in [6, 6.07) is 9.41. The molecular formula is C13H16N2O2. The van der Waals surface area contributed by atoms with E-state index >= 15 is 0 Å². The lowest BCUT2D eigenvalue weighted by atomic mass is 10.1. The second kappa shape index (κ2) is 5.39. The summed E-state index contributed by atoms with van der Waals surface area (Å²) in [5.41, 5.74) is 6.44. The van der Waals surface area contributed by atoms with Gasteiger partial charge in [-0.05, 0) is 30.7 Å². The van der Waals surface area contributed by atoms with Gasteiger partial charge in [0.2, 0.25) is 0 Å². The van der Waals surface area contributed by atoms with Crippen molar-refractivity contribution < 1.29 is 9.26 Å². The van der Waals surface area contributed by atoms with Crippen molar-refractivity contribution in [1.29, 1.82) is 0 Å². The van der Waals surface area contributed by atoms with Crippen molar-refractivity contribution in [2.24, 2.45) is 0 Å². The molecule has 0 aliphatic rings. The topological polar surface area (TPSA) is 61.3 Å². The first-order valence-electron chi connectivity index (χ1n) is 5.75. The van der Waals surface area contributed by atoms with Crippen molar-refractivity contribution in [2.75, 3.05) is 12.3 Å². The third-order valence-electron chi connectivity index (χ3n) is 2.43. The number of nitrogens with two attached hydrogens (primary N) is 1. The van der Waals surface area contributed by atoms with Gasteiger partial charge in [0, 0.05) is 11.6 Å². The molecule has 4 heteroatoms. The van der Waals surface area contributed by atoms with Crippen LogP contribution in [-0.2, 0) is 0 Å². The van der Waals surface area contributed by atoms with E-state index in [1.807, 2.05) is 24.3 Å². The smallest absolute Gasteiger partial charge is 0.169 e. The fraction of sp³-hybridized carbons (Fsp3) is 0.308. The Hall–Kier alpha value is -1.97. The molecule has 0 fully saturated rings. The van der Waals surface area contributed by atoms with Crippen LogP contribution >= 0.6 is 0 Å². The quantitative estimate of drug-likeness (QED) is 0.804. The molecule has 17 heavy (non-hydrogen) atoms. The summed E-state index contributed by atoms with van der Waals surface area (Å²) < 4.78 is 10.6. The molecule has 0 saturated heterocycles. The van der Waals surface area contributed by atoms with Crippen LogP contribution in [0.15, 0.2) is 34.9 Å². The second-order valence-electron chi connectivity index (χ2n) is 3.84. The van der Waals surface area contributed by atoms with Crippen LogP contribution < -0.4 is 10.5 Å². The van der Waals surface area contributed by atoms with Crippen molar-refractivity contribution in [3.63, 3.8) is 0 Å². The van der Waals surface area contributed by atoms with Crippen molar-refractivity contribution in [1.82, 2.24) is 5.16 Å². The van der Waals surface area contributed by atoms with Gasteiger partial charge in [-0.2, -0.15) is 0 Å². The molecule has 90 valence electrons. The van der Waals surface area contributed by atoms with Gasteiger partial charge >= 0.3 is 0 Å². The van der Waals surface area contributed by atoms with E-state index in [1.165, 1.54) is 0 Å². The molecule has 2 rings (SSSR count). The van der Waals surface area contributed by atoms with Gasteiger partial charge < -0.3 is 15.0 Å². The highest BCUT2D eigenvalue weighted by molar-refractivity contribution is 5.60. The summed E-state index contributed by atoms with van der Waals surface area (Å²) >= 11 is 0. The average molecular weight is 232 g/mol. The molecule has 0 amide bonds. The van der Waals surface area contributed by atoms with Crippen LogP contribution in [0.5, 0.6) is 5.75 Å². The molecule has 1 aromatic heterocycles. The Balaban J connectivity index is 2.02. The van der Waals surface area contributed by atoms with E-state index < -0.39 is 0 Å². The Kier molecular flexibility index (Phi) is 3.65. The maximum Gasteiger partial charge on any atom is 0.169 e. The van der Waals surface area contributed by atoms with Crippen molar-refractivity contribution in [2.45, 2.75) is 19.8 Å². The third-order valence-corrected chi connectivity index (χ3v) is 2.43. The minimum Gasteiger partial charge on any atom is -0.494 e. The number of anilines is 1. The van der Waals surface area contributed by atoms with E-state index in [0.717, 1.165) is 30.8 Å². The summed E-state index contributed by atoms with van der Waals surface area (Å²) in [5, 5.41) is 3.65. The number of hydrogen-bond donors (Lipinski definition) is 1. The fourth-order valence-corrected chi connectivity index (χ4v) is 1.47. The van der Waals surface area contributed by atoms with E-state index in [0.29, 0.717) is 11.6 Å². The van der Waals surface area contributed by atoms with E-state index in [2.05, 4.69) is 12.1 Å². The normalized spacial score (nSPS) is 10.4. The molecule has 2 aromatic rings. The summed E-state index contributed by atoms with van der Waals surface area (Å²) in [4.78, 5) is 0. The molecule has 0 bridgehead atoms. The van der Waals surface area contributed by atoms with Crippen LogP contribution in [0.3, 0.4) is 0 Å². The Bertz CT molecular complexity index is 463.